The van der Waals surface area contributed by atoms with Crippen LogP contribution in [0.1, 0.15) is 48.7 Å². The summed E-state index contributed by atoms with van der Waals surface area (Å²) in [6, 6.07) is 0. The standard InChI is InChI=1S/C14H19N5OS/c1-5-15-10-6-16-12(8(2)3)18-11(10)13(20)19-14-17-9(4)7-21-14/h6-8,15H,5H2,1-4H3,(H,17,19,20). The smallest absolute Gasteiger partial charge is 0.278 e. The minimum absolute atomic E-state index is 0.161. The van der Waals surface area contributed by atoms with Crippen LogP contribution >= 0.6 is 11.3 Å². The van der Waals surface area contributed by atoms with E-state index in [2.05, 4.69) is 25.6 Å². The van der Waals surface area contributed by atoms with E-state index in [9.17, 15) is 4.79 Å². The molecule has 2 aromatic rings. The molecule has 0 unspecified atom stereocenters. The first-order valence-corrected chi connectivity index (χ1v) is 7.73. The normalized spacial score (nSPS) is 10.7. The van der Waals surface area contributed by atoms with E-state index in [0.29, 0.717) is 28.9 Å². The highest BCUT2D eigenvalue weighted by Crippen LogP contribution is 2.19. The lowest BCUT2D eigenvalue weighted by molar-refractivity contribution is 0.102. The highest BCUT2D eigenvalue weighted by molar-refractivity contribution is 7.13. The number of thiazole rings is 1. The number of aromatic nitrogens is 3. The zero-order valence-corrected chi connectivity index (χ0v) is 13.4. The maximum atomic E-state index is 12.4. The molecular weight excluding hydrogens is 286 g/mol. The summed E-state index contributed by atoms with van der Waals surface area (Å²) in [6.45, 7) is 8.53. The number of aryl methyl sites for hydroxylation is 1. The molecule has 0 spiro atoms. The summed E-state index contributed by atoms with van der Waals surface area (Å²) < 4.78 is 0. The van der Waals surface area contributed by atoms with Crippen LogP contribution in [0.4, 0.5) is 10.8 Å². The van der Waals surface area contributed by atoms with Crippen molar-refractivity contribution in [2.45, 2.75) is 33.6 Å². The highest BCUT2D eigenvalue weighted by Gasteiger charge is 2.17. The van der Waals surface area contributed by atoms with Gasteiger partial charge in [-0.05, 0) is 13.8 Å². The number of hydrogen-bond donors (Lipinski definition) is 2. The van der Waals surface area contributed by atoms with Gasteiger partial charge in [-0.25, -0.2) is 15.0 Å². The van der Waals surface area contributed by atoms with Gasteiger partial charge in [-0.1, -0.05) is 13.8 Å². The van der Waals surface area contributed by atoms with Gasteiger partial charge < -0.3 is 5.32 Å². The maximum absolute atomic E-state index is 12.4. The minimum Gasteiger partial charge on any atom is -0.382 e. The van der Waals surface area contributed by atoms with E-state index >= 15 is 0 Å². The lowest BCUT2D eigenvalue weighted by atomic mass is 10.2. The van der Waals surface area contributed by atoms with Gasteiger partial charge in [-0.2, -0.15) is 0 Å². The molecule has 0 bridgehead atoms. The Morgan fingerprint density at radius 3 is 2.71 bits per heavy atom. The largest absolute Gasteiger partial charge is 0.382 e. The average Bonchev–Trinajstić information content (AvgIpc) is 2.84. The molecule has 7 heteroatoms. The maximum Gasteiger partial charge on any atom is 0.278 e. The third kappa shape index (κ3) is 3.75. The first-order chi connectivity index (χ1) is 10.0. The molecule has 2 N–H and O–H groups in total. The van der Waals surface area contributed by atoms with Crippen molar-refractivity contribution in [1.29, 1.82) is 0 Å². The summed E-state index contributed by atoms with van der Waals surface area (Å²) in [4.78, 5) is 25.3. The molecular formula is C14H19N5OS. The van der Waals surface area contributed by atoms with Crippen molar-refractivity contribution in [3.63, 3.8) is 0 Å². The third-order valence-electron chi connectivity index (χ3n) is 2.75. The summed E-state index contributed by atoms with van der Waals surface area (Å²) in [5.74, 6) is 0.538. The van der Waals surface area contributed by atoms with Crippen LogP contribution in [0.5, 0.6) is 0 Å². The first kappa shape index (κ1) is 15.4. The van der Waals surface area contributed by atoms with E-state index in [1.165, 1.54) is 11.3 Å². The van der Waals surface area contributed by atoms with E-state index in [0.717, 1.165) is 5.69 Å². The van der Waals surface area contributed by atoms with Crippen molar-refractivity contribution in [2.24, 2.45) is 0 Å². The van der Waals surface area contributed by atoms with E-state index in [-0.39, 0.29) is 11.8 Å². The summed E-state index contributed by atoms with van der Waals surface area (Å²) >= 11 is 1.40. The summed E-state index contributed by atoms with van der Waals surface area (Å²) in [7, 11) is 0. The Morgan fingerprint density at radius 1 is 1.38 bits per heavy atom. The van der Waals surface area contributed by atoms with Gasteiger partial charge in [0.1, 0.15) is 5.82 Å². The second kappa shape index (κ2) is 6.62. The van der Waals surface area contributed by atoms with Crippen LogP contribution in [0, 0.1) is 6.92 Å². The van der Waals surface area contributed by atoms with Gasteiger partial charge in [0.2, 0.25) is 0 Å². The molecule has 21 heavy (non-hydrogen) atoms. The average molecular weight is 305 g/mol. The molecule has 0 saturated carbocycles. The van der Waals surface area contributed by atoms with Crippen molar-refractivity contribution in [3.8, 4) is 0 Å². The number of anilines is 2. The number of nitrogens with one attached hydrogen (secondary N) is 2. The second-order valence-electron chi connectivity index (χ2n) is 4.92. The van der Waals surface area contributed by atoms with Crippen molar-refractivity contribution >= 4 is 28.1 Å². The molecule has 0 aliphatic heterocycles. The first-order valence-electron chi connectivity index (χ1n) is 6.85. The Hall–Kier alpha value is -2.02. The predicted octanol–water partition coefficient (Wildman–Crippen LogP) is 3.05. The Bertz CT molecular complexity index is 638. The molecule has 2 aromatic heterocycles. The molecule has 0 aliphatic carbocycles. The third-order valence-corrected chi connectivity index (χ3v) is 3.62. The topological polar surface area (TPSA) is 79.8 Å². The van der Waals surface area contributed by atoms with Crippen LogP contribution in [-0.4, -0.2) is 27.4 Å². The van der Waals surface area contributed by atoms with Crippen molar-refractivity contribution in [2.75, 3.05) is 17.2 Å². The van der Waals surface area contributed by atoms with Crippen LogP contribution in [-0.2, 0) is 0 Å². The quantitative estimate of drug-likeness (QED) is 0.887. The van der Waals surface area contributed by atoms with E-state index in [4.69, 9.17) is 0 Å². The van der Waals surface area contributed by atoms with Crippen LogP contribution in [0.25, 0.3) is 0 Å². The van der Waals surface area contributed by atoms with Gasteiger partial charge in [0.25, 0.3) is 5.91 Å². The Balaban J connectivity index is 2.30. The van der Waals surface area contributed by atoms with E-state index < -0.39 is 0 Å². The van der Waals surface area contributed by atoms with Gasteiger partial charge in [-0.15, -0.1) is 11.3 Å². The van der Waals surface area contributed by atoms with Crippen molar-refractivity contribution in [1.82, 2.24) is 15.0 Å². The molecule has 6 nitrogen and oxygen atoms in total. The fraction of sp³-hybridized carbons (Fsp3) is 0.429. The zero-order chi connectivity index (χ0) is 15.4. The van der Waals surface area contributed by atoms with Crippen LogP contribution < -0.4 is 10.6 Å². The van der Waals surface area contributed by atoms with Crippen molar-refractivity contribution < 1.29 is 4.79 Å². The molecule has 112 valence electrons. The van der Waals surface area contributed by atoms with E-state index in [1.54, 1.807) is 6.20 Å². The van der Waals surface area contributed by atoms with Crippen LogP contribution in [0.2, 0.25) is 0 Å². The fourth-order valence-electron chi connectivity index (χ4n) is 1.73. The summed E-state index contributed by atoms with van der Waals surface area (Å²) in [5, 5.41) is 8.36. The molecule has 0 aliphatic rings. The lowest BCUT2D eigenvalue weighted by Crippen LogP contribution is -2.18. The Morgan fingerprint density at radius 2 is 2.14 bits per heavy atom. The molecule has 1 amide bonds. The van der Waals surface area contributed by atoms with Gasteiger partial charge in [0.05, 0.1) is 17.6 Å². The van der Waals surface area contributed by atoms with E-state index in [1.807, 2.05) is 33.1 Å². The molecule has 2 heterocycles. The molecule has 0 atom stereocenters. The monoisotopic (exact) mass is 305 g/mol. The number of carbonyl (C=O) groups excluding carboxylic acids is 1. The fourth-order valence-corrected chi connectivity index (χ4v) is 2.42. The summed E-state index contributed by atoms with van der Waals surface area (Å²) in [5.41, 5.74) is 1.86. The number of amides is 1. The van der Waals surface area contributed by atoms with Gasteiger partial charge >= 0.3 is 0 Å². The number of hydrogen-bond acceptors (Lipinski definition) is 6. The highest BCUT2D eigenvalue weighted by atomic mass is 32.1. The molecule has 0 saturated heterocycles. The predicted molar refractivity (Wildman–Crippen MR) is 85.1 cm³/mol. The van der Waals surface area contributed by atoms with Gasteiger partial charge in [0.15, 0.2) is 10.8 Å². The van der Waals surface area contributed by atoms with Crippen LogP contribution in [0.15, 0.2) is 11.6 Å². The molecule has 2 rings (SSSR count). The Kier molecular flexibility index (Phi) is 4.85. The molecule has 0 aromatic carbocycles. The number of nitrogens with zero attached hydrogens (tertiary/aromatic N) is 3. The molecule has 0 radical (unpaired) electrons. The Labute approximate surface area is 128 Å². The van der Waals surface area contributed by atoms with Crippen LogP contribution in [0.3, 0.4) is 0 Å². The van der Waals surface area contributed by atoms with Gasteiger partial charge in [0, 0.05) is 17.8 Å². The number of carbonyl (C=O) groups is 1. The minimum atomic E-state index is -0.274. The summed E-state index contributed by atoms with van der Waals surface area (Å²) in [6.07, 6.45) is 1.66. The number of rotatable bonds is 5. The molecule has 0 fully saturated rings. The SMILES string of the molecule is CCNc1cnc(C(C)C)nc1C(=O)Nc1nc(C)cs1. The lowest BCUT2D eigenvalue weighted by Gasteiger charge is -2.11. The second-order valence-corrected chi connectivity index (χ2v) is 5.78. The zero-order valence-electron chi connectivity index (χ0n) is 12.6. The van der Waals surface area contributed by atoms with Crippen molar-refractivity contribution in [3.05, 3.63) is 28.8 Å². The van der Waals surface area contributed by atoms with Gasteiger partial charge in [-0.3, -0.25) is 10.1 Å².